The molecule has 3 rings (SSSR count). The Morgan fingerprint density at radius 3 is 2.83 bits per heavy atom. The highest BCUT2D eigenvalue weighted by Crippen LogP contribution is 2.39. The number of aryl methyl sites for hydroxylation is 1. The van der Waals surface area contributed by atoms with Crippen LogP contribution in [0.5, 0.6) is 11.5 Å². The molecule has 0 saturated heterocycles. The minimum absolute atomic E-state index is 0.105. The van der Waals surface area contributed by atoms with Crippen molar-refractivity contribution in [3.05, 3.63) is 34.7 Å². The van der Waals surface area contributed by atoms with Crippen LogP contribution in [-0.2, 0) is 11.3 Å². The second-order valence-corrected chi connectivity index (χ2v) is 7.01. The Bertz CT molecular complexity index is 740. The molecule has 0 bridgehead atoms. The maximum atomic E-state index is 11.3. The molecule has 2 N–H and O–H groups in total. The number of aromatic hydroxyl groups is 1. The average molecular weight is 333 g/mol. The van der Waals surface area contributed by atoms with Gasteiger partial charge in [-0.05, 0) is 43.7 Å². The summed E-state index contributed by atoms with van der Waals surface area (Å²) in [5.41, 5.74) is 1.74. The van der Waals surface area contributed by atoms with E-state index in [1.54, 1.807) is 24.3 Å². The van der Waals surface area contributed by atoms with Gasteiger partial charge in [-0.3, -0.25) is 9.69 Å². The molecule has 1 aromatic carbocycles. The summed E-state index contributed by atoms with van der Waals surface area (Å²) in [4.78, 5) is 15.4. The van der Waals surface area contributed by atoms with Crippen molar-refractivity contribution in [1.29, 1.82) is 0 Å². The van der Waals surface area contributed by atoms with E-state index in [0.29, 0.717) is 25.4 Å². The van der Waals surface area contributed by atoms with Crippen LogP contribution >= 0.6 is 11.3 Å². The van der Waals surface area contributed by atoms with E-state index in [4.69, 9.17) is 4.74 Å². The second-order valence-electron chi connectivity index (χ2n) is 5.73. The van der Waals surface area contributed by atoms with Crippen LogP contribution in [-0.4, -0.2) is 40.3 Å². The van der Waals surface area contributed by atoms with E-state index in [-0.39, 0.29) is 5.75 Å². The van der Waals surface area contributed by atoms with Gasteiger partial charge in [0.15, 0.2) is 11.5 Å². The summed E-state index contributed by atoms with van der Waals surface area (Å²) in [5.74, 6) is -0.293. The number of rotatable bonds is 3. The summed E-state index contributed by atoms with van der Waals surface area (Å²) in [6.07, 6.45) is 0. The zero-order valence-corrected chi connectivity index (χ0v) is 13.9. The van der Waals surface area contributed by atoms with Crippen LogP contribution in [0.3, 0.4) is 0 Å². The van der Waals surface area contributed by atoms with E-state index in [1.807, 2.05) is 30.0 Å². The second kappa shape index (κ2) is 6.22. The Morgan fingerprint density at radius 1 is 1.39 bits per heavy atom. The molecule has 0 unspecified atom stereocenters. The van der Waals surface area contributed by atoms with Crippen molar-refractivity contribution in [3.8, 4) is 21.9 Å². The van der Waals surface area contributed by atoms with Crippen LogP contribution in [0.4, 0.5) is 0 Å². The predicted molar refractivity (Wildman–Crippen MR) is 89.2 cm³/mol. The van der Waals surface area contributed by atoms with E-state index in [1.165, 1.54) is 4.88 Å². The monoisotopic (exact) mass is 333 g/mol. The van der Waals surface area contributed by atoms with Gasteiger partial charge in [0.05, 0.1) is 0 Å². The third-order valence-corrected chi connectivity index (χ3v) is 5.12. The van der Waals surface area contributed by atoms with E-state index >= 15 is 0 Å². The van der Waals surface area contributed by atoms with Crippen LogP contribution < -0.4 is 4.74 Å². The Labute approximate surface area is 138 Å². The normalized spacial score (nSPS) is 16.3. The van der Waals surface area contributed by atoms with Crippen molar-refractivity contribution >= 4 is 17.3 Å². The fourth-order valence-electron chi connectivity index (χ4n) is 2.74. The molecule has 1 aromatic heterocycles. The number of aliphatic carboxylic acids is 1. The first-order valence-electron chi connectivity index (χ1n) is 7.48. The number of benzene rings is 1. The van der Waals surface area contributed by atoms with Crippen molar-refractivity contribution in [1.82, 2.24) is 4.90 Å². The number of phenolic OH excluding ortho intramolecular Hbond substituents is 1. The van der Waals surface area contributed by atoms with Gasteiger partial charge in [0.1, 0.15) is 12.6 Å². The molecule has 2 heterocycles. The standard InChI is InChI=1S/C17H19NO4S/c1-10-3-4-15(23-10)12-7-13-9-18(11(2)17(20)21)5-6-22-16(13)14(19)8-12/h3-4,7-8,11,19H,5-6,9H2,1-2H3,(H,20,21)/t11-/m1/s1. The van der Waals surface area contributed by atoms with Crippen molar-refractivity contribution < 1.29 is 19.7 Å². The van der Waals surface area contributed by atoms with E-state index < -0.39 is 12.0 Å². The number of fused-ring (bicyclic) bond motifs is 1. The lowest BCUT2D eigenvalue weighted by Crippen LogP contribution is -2.39. The van der Waals surface area contributed by atoms with Gasteiger partial charge in [-0.2, -0.15) is 0 Å². The lowest BCUT2D eigenvalue weighted by molar-refractivity contribution is -0.142. The zero-order chi connectivity index (χ0) is 16.6. The topological polar surface area (TPSA) is 70.0 Å². The number of ether oxygens (including phenoxy) is 1. The molecule has 5 nitrogen and oxygen atoms in total. The number of carbonyl (C=O) groups is 1. The fourth-order valence-corrected chi connectivity index (χ4v) is 3.59. The van der Waals surface area contributed by atoms with Gasteiger partial charge >= 0.3 is 5.97 Å². The summed E-state index contributed by atoms with van der Waals surface area (Å²) in [5, 5.41) is 19.5. The van der Waals surface area contributed by atoms with Crippen LogP contribution in [0.15, 0.2) is 24.3 Å². The van der Waals surface area contributed by atoms with E-state index in [0.717, 1.165) is 16.0 Å². The number of hydrogen-bond acceptors (Lipinski definition) is 5. The van der Waals surface area contributed by atoms with Gasteiger partial charge in [-0.1, -0.05) is 0 Å². The van der Waals surface area contributed by atoms with Crippen LogP contribution in [0.25, 0.3) is 10.4 Å². The molecule has 6 heteroatoms. The fraction of sp³-hybridized carbons (Fsp3) is 0.353. The predicted octanol–water partition coefficient (Wildman–Crippen LogP) is 3.10. The molecule has 122 valence electrons. The maximum absolute atomic E-state index is 11.3. The van der Waals surface area contributed by atoms with Gasteiger partial charge in [0.2, 0.25) is 0 Å². The minimum Gasteiger partial charge on any atom is -0.504 e. The molecule has 2 aromatic rings. The largest absolute Gasteiger partial charge is 0.504 e. The first kappa shape index (κ1) is 15.8. The van der Waals surface area contributed by atoms with E-state index in [2.05, 4.69) is 0 Å². The van der Waals surface area contributed by atoms with Crippen LogP contribution in [0.1, 0.15) is 17.4 Å². The molecule has 0 spiro atoms. The summed E-state index contributed by atoms with van der Waals surface area (Å²) >= 11 is 1.66. The first-order valence-corrected chi connectivity index (χ1v) is 8.29. The van der Waals surface area contributed by atoms with Gasteiger partial charge in [-0.25, -0.2) is 0 Å². The smallest absolute Gasteiger partial charge is 0.320 e. The molecule has 0 aliphatic carbocycles. The molecule has 23 heavy (non-hydrogen) atoms. The number of carboxylic acids is 1. The molecule has 0 saturated carbocycles. The Kier molecular flexibility index (Phi) is 4.28. The van der Waals surface area contributed by atoms with E-state index in [9.17, 15) is 15.0 Å². The van der Waals surface area contributed by atoms with Gasteiger partial charge < -0.3 is 14.9 Å². The molecule has 0 radical (unpaired) electrons. The SMILES string of the molecule is Cc1ccc(-c2cc(O)c3c(c2)CN([C@H](C)C(=O)O)CCO3)s1. The molecule has 1 aliphatic heterocycles. The summed E-state index contributed by atoms with van der Waals surface area (Å²) in [7, 11) is 0. The number of phenols is 1. The lowest BCUT2D eigenvalue weighted by atomic mass is 10.1. The Hall–Kier alpha value is -2.05. The number of thiophene rings is 1. The summed E-state index contributed by atoms with van der Waals surface area (Å²) in [6.45, 7) is 5.01. The Morgan fingerprint density at radius 2 is 2.17 bits per heavy atom. The van der Waals surface area contributed by atoms with Crippen LogP contribution in [0, 0.1) is 6.92 Å². The number of nitrogens with zero attached hydrogens (tertiary/aromatic N) is 1. The van der Waals surface area contributed by atoms with Gasteiger partial charge in [0.25, 0.3) is 0 Å². The van der Waals surface area contributed by atoms with Crippen molar-refractivity contribution in [3.63, 3.8) is 0 Å². The molecule has 1 atom stereocenters. The highest BCUT2D eigenvalue weighted by Gasteiger charge is 2.26. The molecule has 0 fully saturated rings. The van der Waals surface area contributed by atoms with Gasteiger partial charge in [-0.15, -0.1) is 11.3 Å². The third-order valence-electron chi connectivity index (χ3n) is 4.07. The summed E-state index contributed by atoms with van der Waals surface area (Å²) < 4.78 is 5.65. The molecule has 0 amide bonds. The molecular formula is C17H19NO4S. The average Bonchev–Trinajstić information content (AvgIpc) is 2.81. The molecular weight excluding hydrogens is 314 g/mol. The van der Waals surface area contributed by atoms with Crippen molar-refractivity contribution in [2.45, 2.75) is 26.4 Å². The summed E-state index contributed by atoms with van der Waals surface area (Å²) in [6, 6.07) is 7.15. The maximum Gasteiger partial charge on any atom is 0.320 e. The number of hydrogen-bond donors (Lipinski definition) is 2. The third kappa shape index (κ3) is 3.18. The van der Waals surface area contributed by atoms with Crippen molar-refractivity contribution in [2.24, 2.45) is 0 Å². The van der Waals surface area contributed by atoms with Crippen LogP contribution in [0.2, 0.25) is 0 Å². The quantitative estimate of drug-likeness (QED) is 0.903. The minimum atomic E-state index is -0.859. The molecule has 1 aliphatic rings. The van der Waals surface area contributed by atoms with Crippen molar-refractivity contribution in [2.75, 3.05) is 13.2 Å². The number of carboxylic acid groups (broad SMARTS) is 1. The zero-order valence-electron chi connectivity index (χ0n) is 13.1. The highest BCUT2D eigenvalue weighted by atomic mass is 32.1. The Balaban J connectivity index is 1.99. The van der Waals surface area contributed by atoms with Gasteiger partial charge in [0, 0.05) is 28.4 Å². The highest BCUT2D eigenvalue weighted by molar-refractivity contribution is 7.15. The lowest BCUT2D eigenvalue weighted by Gasteiger charge is -2.23. The first-order chi connectivity index (χ1) is 11.0.